The van der Waals surface area contributed by atoms with Crippen LogP contribution in [0, 0.1) is 6.08 Å². The second kappa shape index (κ2) is 15.1. The topological polar surface area (TPSA) is 20.2 Å². The van der Waals surface area contributed by atoms with Crippen LogP contribution in [0.5, 0.6) is 0 Å². The molecule has 1 N–H and O–H groups in total. The molecule has 0 radical (unpaired) electrons. The van der Waals surface area contributed by atoms with Crippen LogP contribution in [-0.2, 0) is 24.2 Å². The Hall–Kier alpha value is -0.397. The molecule has 0 heterocycles. The molecule has 0 bridgehead atoms. The Labute approximate surface area is 167 Å². The van der Waals surface area contributed by atoms with Crippen molar-refractivity contribution < 1.29 is 54.2 Å². The van der Waals surface area contributed by atoms with Crippen molar-refractivity contribution in [2.45, 2.75) is 26.7 Å². The number of allylic oxidation sites excluding steroid dienone is 3. The van der Waals surface area contributed by atoms with Gasteiger partial charge in [0.05, 0.1) is 0 Å². The number of aliphatic hydroxyl groups excluding tert-OH is 1. The first-order valence-corrected chi connectivity index (χ1v) is 8.35. The second-order valence-electron chi connectivity index (χ2n) is 4.96. The predicted octanol–water partition coefficient (Wildman–Crippen LogP) is -1.63. The maximum Gasteiger partial charge on any atom is 0.0318 e. The summed E-state index contributed by atoms with van der Waals surface area (Å²) in [6.07, 6.45) is 8.76. The summed E-state index contributed by atoms with van der Waals surface area (Å²) in [5.74, 6) is 0. The molecule has 2 aromatic carbocycles. The molecule has 0 aliphatic heterocycles. The van der Waals surface area contributed by atoms with Crippen LogP contribution in [0.15, 0.2) is 60.2 Å². The van der Waals surface area contributed by atoms with E-state index < -0.39 is 0 Å². The smallest absolute Gasteiger partial charge is 0.0318 e. The second-order valence-corrected chi connectivity index (χ2v) is 7.42. The fraction of sp³-hybridized carbons (Fsp3) is 0.263. The molecule has 124 valence electrons. The van der Waals surface area contributed by atoms with Gasteiger partial charge in [0.15, 0.2) is 0 Å². The van der Waals surface area contributed by atoms with Crippen molar-refractivity contribution in [3.8, 4) is 0 Å². The van der Waals surface area contributed by atoms with Crippen LogP contribution in [0.2, 0.25) is 0 Å². The number of hydrogen-bond donors (Lipinski definition) is 1. The zero-order valence-corrected chi connectivity index (χ0v) is 17.5. The van der Waals surface area contributed by atoms with E-state index in [4.69, 9.17) is 5.11 Å². The first-order chi connectivity index (χ1) is 10.1. The van der Waals surface area contributed by atoms with E-state index in [0.717, 1.165) is 12.8 Å². The molecular weight excluding hydrogens is 406 g/mol. The van der Waals surface area contributed by atoms with Gasteiger partial charge >= 0.3 is 41.3 Å². The van der Waals surface area contributed by atoms with E-state index in [9.17, 15) is 0 Å². The van der Waals surface area contributed by atoms with E-state index in [2.05, 4.69) is 68.5 Å². The predicted molar refractivity (Wildman–Crippen MR) is 88.1 cm³/mol. The minimum absolute atomic E-state index is 0. The number of rotatable bonds is 2. The van der Waals surface area contributed by atoms with Crippen LogP contribution < -0.4 is 24.8 Å². The summed E-state index contributed by atoms with van der Waals surface area (Å²) < 4.78 is 1.51. The Bertz CT molecular complexity index is 580. The van der Waals surface area contributed by atoms with Gasteiger partial charge in [-0.1, -0.05) is 12.5 Å². The van der Waals surface area contributed by atoms with E-state index in [-0.39, 0.29) is 31.4 Å². The first kappa shape index (κ1) is 24.9. The Morgan fingerprint density at radius 2 is 1.87 bits per heavy atom. The molecule has 0 atom stereocenters. The molecule has 0 spiro atoms. The van der Waals surface area contributed by atoms with Crippen LogP contribution in [-0.4, -0.2) is 14.9 Å². The third kappa shape index (κ3) is 11.7. The molecule has 0 saturated heterocycles. The van der Waals surface area contributed by atoms with E-state index in [1.165, 1.54) is 19.6 Å². The normalized spacial score (nSPS) is 11.1. The van der Waals surface area contributed by atoms with Crippen LogP contribution in [0.4, 0.5) is 0 Å². The average molecular weight is 429 g/mol. The zero-order chi connectivity index (χ0) is 15.5. The number of fused-ring (bicyclic) bond motifs is 1. The summed E-state index contributed by atoms with van der Waals surface area (Å²) in [7, 11) is 0. The third-order valence-corrected chi connectivity index (χ3v) is 2.72. The molecule has 1 aliphatic rings. The van der Waals surface area contributed by atoms with Gasteiger partial charge in [-0.25, -0.2) is 6.08 Å². The van der Waals surface area contributed by atoms with E-state index in [1.807, 2.05) is 6.08 Å². The summed E-state index contributed by atoms with van der Waals surface area (Å²) >= 11 is 1.55. The molecule has 1 nitrogen and oxygen atoms in total. The van der Waals surface area contributed by atoms with Gasteiger partial charge < -0.3 is 29.9 Å². The first-order valence-electron chi connectivity index (χ1n) is 7.12. The maximum atomic E-state index is 8.44. The van der Waals surface area contributed by atoms with Gasteiger partial charge in [-0.15, -0.1) is 36.1 Å². The Kier molecular flexibility index (Phi) is 16.4. The van der Waals surface area contributed by atoms with Gasteiger partial charge in [0.1, 0.15) is 0 Å². The van der Waals surface area contributed by atoms with E-state index in [1.54, 1.807) is 24.2 Å². The van der Waals surface area contributed by atoms with Crippen molar-refractivity contribution in [1.29, 1.82) is 0 Å². The van der Waals surface area contributed by atoms with Crippen molar-refractivity contribution in [2.75, 3.05) is 6.61 Å². The number of halogens is 2. The van der Waals surface area contributed by atoms with Gasteiger partial charge in [0, 0.05) is 6.61 Å². The van der Waals surface area contributed by atoms with E-state index in [0.29, 0.717) is 0 Å². The van der Waals surface area contributed by atoms with Gasteiger partial charge in [0.2, 0.25) is 0 Å². The summed E-state index contributed by atoms with van der Waals surface area (Å²) in [6.45, 7) is 4.50. The monoisotopic (exact) mass is 426 g/mol. The number of aliphatic hydroxyl groups is 1. The summed E-state index contributed by atoms with van der Waals surface area (Å²) in [4.78, 5) is 0. The largest absolute Gasteiger partial charge is 1.00 e. The summed E-state index contributed by atoms with van der Waals surface area (Å²) in [5.41, 5.74) is 1.22. The minimum Gasteiger partial charge on any atom is -1.00 e. The number of benzene rings is 1. The molecule has 0 saturated carbocycles. The molecule has 0 fully saturated rings. The summed E-state index contributed by atoms with van der Waals surface area (Å²) in [6, 6.07) is 14.7. The Morgan fingerprint density at radius 1 is 1.22 bits per heavy atom. The molecule has 1 aliphatic carbocycles. The standard InChI is InChI=1S/C9H7.C7H9O.C3H6.2ClH.Zr/c1-2-5-9-7-3-6-8(9)4-1;8-6-5-7-3-1-2-4-7;1-3-2;;;/h1-7H;3-4,8H,1,5-6H2;1-2H3;2*1H;/q2*-1;;;;+2/p-2. The quantitative estimate of drug-likeness (QED) is 0.570. The van der Waals surface area contributed by atoms with Gasteiger partial charge in [-0.05, 0) is 0 Å². The SMILES string of the molecule is C[C](C)=[Zr+2].OCCC1=CC[C-]=C1.[Cl-].[Cl-].c1ccc2[cH-]ccc2c1. The van der Waals surface area contributed by atoms with Crippen molar-refractivity contribution in [2.24, 2.45) is 0 Å². The molecule has 0 amide bonds. The van der Waals surface area contributed by atoms with Gasteiger partial charge in [0.25, 0.3) is 0 Å². The van der Waals surface area contributed by atoms with Crippen LogP contribution in [0.1, 0.15) is 26.7 Å². The van der Waals surface area contributed by atoms with Crippen molar-refractivity contribution >= 4 is 14.0 Å². The molecule has 0 aromatic heterocycles. The molecule has 4 heteroatoms. The molecule has 23 heavy (non-hydrogen) atoms. The van der Waals surface area contributed by atoms with Gasteiger partial charge in [-0.2, -0.15) is 29.2 Å². The average Bonchev–Trinajstić information content (AvgIpc) is 3.09. The Morgan fingerprint density at radius 3 is 2.39 bits per heavy atom. The number of hydrogen-bond acceptors (Lipinski definition) is 1. The van der Waals surface area contributed by atoms with Crippen LogP contribution in [0.3, 0.4) is 0 Å². The minimum atomic E-state index is 0. The van der Waals surface area contributed by atoms with E-state index >= 15 is 0 Å². The van der Waals surface area contributed by atoms with Crippen LogP contribution >= 0.6 is 0 Å². The maximum absolute atomic E-state index is 8.44. The fourth-order valence-corrected chi connectivity index (χ4v) is 1.81. The zero-order valence-electron chi connectivity index (χ0n) is 13.5. The molecule has 3 rings (SSSR count). The summed E-state index contributed by atoms with van der Waals surface area (Å²) in [5, 5.41) is 11.1. The van der Waals surface area contributed by atoms with Crippen LogP contribution in [0.25, 0.3) is 10.8 Å². The fourth-order valence-electron chi connectivity index (χ4n) is 1.81. The molecule has 2 aromatic rings. The Balaban J connectivity index is 0. The van der Waals surface area contributed by atoms with Gasteiger partial charge in [-0.3, -0.25) is 6.08 Å². The molecule has 0 unspecified atom stereocenters. The third-order valence-electron chi connectivity index (χ3n) is 2.72. The molecular formula is C19H22Cl2OZr-2. The van der Waals surface area contributed by atoms with Crippen molar-refractivity contribution in [3.05, 3.63) is 66.3 Å². The van der Waals surface area contributed by atoms with Crippen molar-refractivity contribution in [1.82, 2.24) is 0 Å². The van der Waals surface area contributed by atoms with Crippen molar-refractivity contribution in [3.63, 3.8) is 0 Å².